The molecule has 0 saturated heterocycles. The second-order valence-electron chi connectivity index (χ2n) is 6.80. The minimum atomic E-state index is -0.311. The molecule has 0 heterocycles. The van der Waals surface area contributed by atoms with Crippen LogP contribution in [0.1, 0.15) is 48.4 Å². The van der Waals surface area contributed by atoms with Gasteiger partial charge in [-0.05, 0) is 49.4 Å². The molecule has 2 N–H and O–H groups in total. The fourth-order valence-corrected chi connectivity index (χ4v) is 3.37. The van der Waals surface area contributed by atoms with Crippen molar-refractivity contribution in [3.63, 3.8) is 0 Å². The first-order chi connectivity index (χ1) is 11.6. The van der Waals surface area contributed by atoms with E-state index in [-0.39, 0.29) is 11.9 Å². The van der Waals surface area contributed by atoms with Crippen molar-refractivity contribution in [3.8, 4) is 0 Å². The highest BCUT2D eigenvalue weighted by molar-refractivity contribution is 5.96. The molecule has 126 valence electrons. The molecule has 2 aromatic rings. The van der Waals surface area contributed by atoms with Gasteiger partial charge in [0.15, 0.2) is 0 Å². The molecular formula is C21H26N2O. The minimum Gasteiger partial charge on any atom is -0.324 e. The third-order valence-electron chi connectivity index (χ3n) is 4.80. The van der Waals surface area contributed by atoms with E-state index in [0.29, 0.717) is 6.04 Å². The van der Waals surface area contributed by atoms with E-state index >= 15 is 0 Å². The third-order valence-corrected chi connectivity index (χ3v) is 4.80. The number of benzene rings is 2. The van der Waals surface area contributed by atoms with Crippen LogP contribution < -0.4 is 10.6 Å². The summed E-state index contributed by atoms with van der Waals surface area (Å²) in [6.07, 6.45) is 4.80. The highest BCUT2D eigenvalue weighted by Gasteiger charge is 2.25. The second kappa shape index (κ2) is 7.63. The van der Waals surface area contributed by atoms with Gasteiger partial charge >= 0.3 is 0 Å². The molecule has 1 saturated carbocycles. The zero-order chi connectivity index (χ0) is 16.9. The van der Waals surface area contributed by atoms with Crippen LogP contribution in [0.25, 0.3) is 0 Å². The maximum absolute atomic E-state index is 13.0. The maximum atomic E-state index is 13.0. The van der Waals surface area contributed by atoms with Gasteiger partial charge in [0.1, 0.15) is 6.04 Å². The summed E-state index contributed by atoms with van der Waals surface area (Å²) in [7, 11) is 0. The quantitative estimate of drug-likeness (QED) is 0.850. The number of carbonyl (C=O) groups is 1. The molecule has 2 aromatic carbocycles. The summed E-state index contributed by atoms with van der Waals surface area (Å²) in [4.78, 5) is 13.0. The third kappa shape index (κ3) is 4.04. The van der Waals surface area contributed by atoms with Gasteiger partial charge in [0.25, 0.3) is 0 Å². The van der Waals surface area contributed by atoms with Gasteiger partial charge in [-0.1, -0.05) is 55.3 Å². The van der Waals surface area contributed by atoms with Crippen molar-refractivity contribution >= 4 is 11.6 Å². The van der Waals surface area contributed by atoms with Crippen molar-refractivity contribution in [1.82, 2.24) is 5.32 Å². The van der Waals surface area contributed by atoms with Crippen LogP contribution in [0.4, 0.5) is 5.69 Å². The predicted octanol–water partition coefficient (Wildman–Crippen LogP) is 4.52. The molecule has 1 amide bonds. The van der Waals surface area contributed by atoms with E-state index in [1.54, 1.807) is 0 Å². The summed E-state index contributed by atoms with van der Waals surface area (Å²) in [5, 5.41) is 6.70. The molecule has 3 heteroatoms. The van der Waals surface area contributed by atoms with E-state index in [2.05, 4.69) is 16.7 Å². The molecule has 1 aliphatic carbocycles. The summed E-state index contributed by atoms with van der Waals surface area (Å²) < 4.78 is 0. The molecule has 3 rings (SSSR count). The molecule has 0 spiro atoms. The Balaban J connectivity index is 1.81. The molecule has 1 atom stereocenters. The fraction of sp³-hybridized carbons (Fsp3) is 0.381. The fourth-order valence-electron chi connectivity index (χ4n) is 3.37. The Morgan fingerprint density at radius 3 is 2.46 bits per heavy atom. The van der Waals surface area contributed by atoms with E-state index in [9.17, 15) is 4.79 Å². The summed E-state index contributed by atoms with van der Waals surface area (Å²) in [5.74, 6) is 0.0156. The molecule has 0 aliphatic heterocycles. The Morgan fingerprint density at radius 1 is 1.04 bits per heavy atom. The lowest BCUT2D eigenvalue weighted by Crippen LogP contribution is -2.38. The summed E-state index contributed by atoms with van der Waals surface area (Å²) in [6, 6.07) is 16.3. The molecule has 1 fully saturated rings. The van der Waals surface area contributed by atoms with Gasteiger partial charge in [-0.3, -0.25) is 10.1 Å². The largest absolute Gasteiger partial charge is 0.324 e. The summed E-state index contributed by atoms with van der Waals surface area (Å²) >= 11 is 0. The number of aryl methyl sites for hydroxylation is 2. The van der Waals surface area contributed by atoms with Gasteiger partial charge in [-0.25, -0.2) is 0 Å². The van der Waals surface area contributed by atoms with Crippen molar-refractivity contribution in [2.75, 3.05) is 5.32 Å². The zero-order valence-corrected chi connectivity index (χ0v) is 14.5. The summed E-state index contributed by atoms with van der Waals surface area (Å²) in [5.41, 5.74) is 4.15. The van der Waals surface area contributed by atoms with Crippen LogP contribution >= 0.6 is 0 Å². The van der Waals surface area contributed by atoms with Crippen molar-refractivity contribution in [2.45, 2.75) is 51.6 Å². The van der Waals surface area contributed by atoms with Gasteiger partial charge in [0.2, 0.25) is 5.91 Å². The molecule has 24 heavy (non-hydrogen) atoms. The molecule has 1 aliphatic rings. The first-order valence-corrected chi connectivity index (χ1v) is 8.82. The zero-order valence-electron chi connectivity index (χ0n) is 14.5. The van der Waals surface area contributed by atoms with E-state index < -0.39 is 0 Å². The van der Waals surface area contributed by atoms with Crippen LogP contribution in [0, 0.1) is 13.8 Å². The smallest absolute Gasteiger partial charge is 0.246 e. The highest BCUT2D eigenvalue weighted by Crippen LogP contribution is 2.24. The van der Waals surface area contributed by atoms with Crippen LogP contribution in [-0.2, 0) is 4.79 Å². The average Bonchev–Trinajstić information content (AvgIpc) is 3.10. The Morgan fingerprint density at radius 2 is 1.75 bits per heavy atom. The lowest BCUT2D eigenvalue weighted by atomic mass is 10.0. The maximum Gasteiger partial charge on any atom is 0.246 e. The predicted molar refractivity (Wildman–Crippen MR) is 99.1 cm³/mol. The number of amides is 1. The monoisotopic (exact) mass is 322 g/mol. The molecular weight excluding hydrogens is 296 g/mol. The van der Waals surface area contributed by atoms with Crippen molar-refractivity contribution in [2.24, 2.45) is 0 Å². The van der Waals surface area contributed by atoms with E-state index in [1.807, 2.05) is 56.3 Å². The van der Waals surface area contributed by atoms with E-state index in [4.69, 9.17) is 0 Å². The Bertz CT molecular complexity index is 690. The van der Waals surface area contributed by atoms with Gasteiger partial charge in [0, 0.05) is 11.7 Å². The number of nitrogens with one attached hydrogen (secondary N) is 2. The standard InChI is InChI=1S/C21H26N2O/c1-15-12-13-16(2)19(14-15)23-21(24)20(17-8-4-3-5-9-17)22-18-10-6-7-11-18/h3-5,8-9,12-14,18,20,22H,6-7,10-11H2,1-2H3,(H,23,24)/t20-/m0/s1. The first kappa shape index (κ1) is 16.7. The second-order valence-corrected chi connectivity index (χ2v) is 6.80. The van der Waals surface area contributed by atoms with E-state index in [1.165, 1.54) is 12.8 Å². The van der Waals surface area contributed by atoms with Crippen LogP contribution in [0.2, 0.25) is 0 Å². The molecule has 0 aromatic heterocycles. The van der Waals surface area contributed by atoms with Crippen LogP contribution in [-0.4, -0.2) is 11.9 Å². The van der Waals surface area contributed by atoms with Gasteiger partial charge in [-0.15, -0.1) is 0 Å². The normalized spacial score (nSPS) is 16.1. The number of hydrogen-bond donors (Lipinski definition) is 2. The summed E-state index contributed by atoms with van der Waals surface area (Å²) in [6.45, 7) is 4.07. The van der Waals surface area contributed by atoms with E-state index in [0.717, 1.165) is 35.2 Å². The molecule has 0 unspecified atom stereocenters. The number of rotatable bonds is 5. The topological polar surface area (TPSA) is 41.1 Å². The average molecular weight is 322 g/mol. The number of hydrogen-bond acceptors (Lipinski definition) is 2. The van der Waals surface area contributed by atoms with Crippen LogP contribution in [0.15, 0.2) is 48.5 Å². The van der Waals surface area contributed by atoms with Gasteiger partial charge < -0.3 is 5.32 Å². The van der Waals surface area contributed by atoms with Crippen molar-refractivity contribution in [1.29, 1.82) is 0 Å². The highest BCUT2D eigenvalue weighted by atomic mass is 16.2. The Hall–Kier alpha value is -2.13. The lowest BCUT2D eigenvalue weighted by molar-refractivity contribution is -0.118. The number of anilines is 1. The van der Waals surface area contributed by atoms with Crippen LogP contribution in [0.3, 0.4) is 0 Å². The molecule has 0 bridgehead atoms. The van der Waals surface area contributed by atoms with Crippen LogP contribution in [0.5, 0.6) is 0 Å². The van der Waals surface area contributed by atoms with Crippen molar-refractivity contribution in [3.05, 3.63) is 65.2 Å². The molecule has 3 nitrogen and oxygen atoms in total. The first-order valence-electron chi connectivity index (χ1n) is 8.82. The number of carbonyl (C=O) groups excluding carboxylic acids is 1. The van der Waals surface area contributed by atoms with Gasteiger partial charge in [0.05, 0.1) is 0 Å². The lowest BCUT2D eigenvalue weighted by Gasteiger charge is -2.23. The molecule has 0 radical (unpaired) electrons. The van der Waals surface area contributed by atoms with Crippen molar-refractivity contribution < 1.29 is 4.79 Å². The SMILES string of the molecule is Cc1ccc(C)c(NC(=O)[C@@H](NC2CCCC2)c2ccccc2)c1. The minimum absolute atomic E-state index is 0.0156. The Kier molecular flexibility index (Phi) is 5.31. The Labute approximate surface area is 144 Å². The van der Waals surface area contributed by atoms with Gasteiger partial charge in [-0.2, -0.15) is 0 Å².